The molecular formula is C13H18N2O2. The van der Waals surface area contributed by atoms with E-state index in [1.54, 1.807) is 0 Å². The molecule has 1 aromatic rings. The number of hydrogen-bond acceptors (Lipinski definition) is 3. The van der Waals surface area contributed by atoms with E-state index in [-0.39, 0.29) is 5.91 Å². The number of fused-ring (bicyclic) bond motifs is 1. The van der Waals surface area contributed by atoms with E-state index in [9.17, 15) is 4.79 Å². The quantitative estimate of drug-likeness (QED) is 0.758. The minimum absolute atomic E-state index is 0.0283. The molecular weight excluding hydrogens is 216 g/mol. The van der Waals surface area contributed by atoms with E-state index in [4.69, 9.17) is 4.74 Å². The van der Waals surface area contributed by atoms with Gasteiger partial charge in [-0.2, -0.15) is 0 Å². The van der Waals surface area contributed by atoms with Crippen molar-refractivity contribution in [3.8, 4) is 0 Å². The summed E-state index contributed by atoms with van der Waals surface area (Å²) in [4.78, 5) is 11.8. The Morgan fingerprint density at radius 1 is 1.53 bits per heavy atom. The summed E-state index contributed by atoms with van der Waals surface area (Å²) >= 11 is 0. The van der Waals surface area contributed by atoms with Crippen molar-refractivity contribution in [3.63, 3.8) is 0 Å². The fourth-order valence-corrected chi connectivity index (χ4v) is 1.93. The third-order valence-corrected chi connectivity index (χ3v) is 2.81. The Kier molecular flexibility index (Phi) is 3.98. The summed E-state index contributed by atoms with van der Waals surface area (Å²) in [5.74, 6) is -0.0283. The van der Waals surface area contributed by atoms with Crippen molar-refractivity contribution < 1.29 is 9.53 Å². The van der Waals surface area contributed by atoms with E-state index in [0.29, 0.717) is 19.8 Å². The van der Waals surface area contributed by atoms with Gasteiger partial charge < -0.3 is 15.4 Å². The number of anilines is 1. The number of carbonyl (C=O) groups is 1. The molecule has 1 heterocycles. The van der Waals surface area contributed by atoms with Crippen molar-refractivity contribution in [1.82, 2.24) is 5.32 Å². The normalized spacial score (nSPS) is 13.0. The summed E-state index contributed by atoms with van der Waals surface area (Å²) in [6.45, 7) is 4.71. The molecule has 1 amide bonds. The van der Waals surface area contributed by atoms with Gasteiger partial charge in [0.05, 0.1) is 6.61 Å². The van der Waals surface area contributed by atoms with Crippen LogP contribution in [-0.4, -0.2) is 32.2 Å². The lowest BCUT2D eigenvalue weighted by molar-refractivity contribution is 0.0922. The largest absolute Gasteiger partial charge is 0.384 e. The second-order valence-corrected chi connectivity index (χ2v) is 4.00. The molecule has 0 aliphatic carbocycles. The predicted octanol–water partition coefficient (Wildman–Crippen LogP) is 1.42. The van der Waals surface area contributed by atoms with E-state index >= 15 is 0 Å². The summed E-state index contributed by atoms with van der Waals surface area (Å²) in [7, 11) is 0. The average Bonchev–Trinajstić information content (AvgIpc) is 2.81. The summed E-state index contributed by atoms with van der Waals surface area (Å²) < 4.78 is 5.17. The van der Waals surface area contributed by atoms with Gasteiger partial charge in [0.1, 0.15) is 0 Å². The van der Waals surface area contributed by atoms with Gasteiger partial charge in [0.15, 0.2) is 0 Å². The van der Waals surface area contributed by atoms with Gasteiger partial charge >= 0.3 is 0 Å². The highest BCUT2D eigenvalue weighted by atomic mass is 16.5. The summed E-state index contributed by atoms with van der Waals surface area (Å²) in [6.07, 6.45) is 0.995. The number of amides is 1. The molecule has 92 valence electrons. The topological polar surface area (TPSA) is 50.4 Å². The van der Waals surface area contributed by atoms with Crippen molar-refractivity contribution in [1.29, 1.82) is 0 Å². The van der Waals surface area contributed by atoms with Crippen molar-refractivity contribution in [3.05, 3.63) is 29.3 Å². The zero-order valence-corrected chi connectivity index (χ0v) is 10.1. The first-order chi connectivity index (χ1) is 8.31. The first-order valence-corrected chi connectivity index (χ1v) is 6.04. The SMILES string of the molecule is CCOCCNC(=O)c1ccc2c(c1)CCN2. The lowest BCUT2D eigenvalue weighted by Crippen LogP contribution is -2.27. The lowest BCUT2D eigenvalue weighted by atomic mass is 10.1. The molecule has 0 aromatic heterocycles. The van der Waals surface area contributed by atoms with Crippen LogP contribution in [0.4, 0.5) is 5.69 Å². The first-order valence-electron chi connectivity index (χ1n) is 6.04. The third kappa shape index (κ3) is 2.97. The average molecular weight is 234 g/mol. The van der Waals surface area contributed by atoms with E-state index < -0.39 is 0 Å². The highest BCUT2D eigenvalue weighted by Crippen LogP contribution is 2.22. The molecule has 0 unspecified atom stereocenters. The van der Waals surface area contributed by atoms with Crippen LogP contribution in [0.2, 0.25) is 0 Å². The Morgan fingerprint density at radius 3 is 3.24 bits per heavy atom. The maximum atomic E-state index is 11.8. The number of benzene rings is 1. The Hall–Kier alpha value is -1.55. The predicted molar refractivity (Wildman–Crippen MR) is 67.5 cm³/mol. The van der Waals surface area contributed by atoms with Crippen molar-refractivity contribution in [2.24, 2.45) is 0 Å². The van der Waals surface area contributed by atoms with Gasteiger partial charge in [-0.05, 0) is 37.1 Å². The zero-order chi connectivity index (χ0) is 12.1. The Balaban J connectivity index is 1.91. The molecule has 0 spiro atoms. The van der Waals surface area contributed by atoms with Gasteiger partial charge in [-0.3, -0.25) is 4.79 Å². The second kappa shape index (κ2) is 5.68. The molecule has 4 heteroatoms. The highest BCUT2D eigenvalue weighted by Gasteiger charge is 2.12. The number of nitrogens with one attached hydrogen (secondary N) is 2. The second-order valence-electron chi connectivity index (χ2n) is 4.00. The van der Waals surface area contributed by atoms with Gasteiger partial charge in [0.2, 0.25) is 0 Å². The third-order valence-electron chi connectivity index (χ3n) is 2.81. The fraction of sp³-hybridized carbons (Fsp3) is 0.462. The molecule has 0 saturated carbocycles. The van der Waals surface area contributed by atoms with E-state index in [2.05, 4.69) is 10.6 Å². The monoisotopic (exact) mass is 234 g/mol. The van der Waals surface area contributed by atoms with E-state index in [1.807, 2.05) is 25.1 Å². The molecule has 2 rings (SSSR count). The molecule has 4 nitrogen and oxygen atoms in total. The summed E-state index contributed by atoms with van der Waals surface area (Å²) in [5, 5.41) is 6.12. The van der Waals surface area contributed by atoms with Crippen molar-refractivity contribution in [2.75, 3.05) is 31.6 Å². The van der Waals surface area contributed by atoms with Crippen LogP contribution in [0, 0.1) is 0 Å². The van der Waals surface area contributed by atoms with E-state index in [0.717, 1.165) is 24.2 Å². The Labute approximate surface area is 101 Å². The lowest BCUT2D eigenvalue weighted by Gasteiger charge is -2.06. The van der Waals surface area contributed by atoms with Crippen LogP contribution in [-0.2, 0) is 11.2 Å². The van der Waals surface area contributed by atoms with Crippen LogP contribution in [0.15, 0.2) is 18.2 Å². The maximum Gasteiger partial charge on any atom is 0.251 e. The molecule has 0 fully saturated rings. The summed E-state index contributed by atoms with van der Waals surface area (Å²) in [6, 6.07) is 5.79. The minimum Gasteiger partial charge on any atom is -0.384 e. The van der Waals surface area contributed by atoms with Crippen LogP contribution in [0.25, 0.3) is 0 Å². The van der Waals surface area contributed by atoms with Gasteiger partial charge in [0, 0.05) is 30.9 Å². The van der Waals surface area contributed by atoms with Crippen molar-refractivity contribution >= 4 is 11.6 Å². The smallest absolute Gasteiger partial charge is 0.251 e. The number of ether oxygens (including phenoxy) is 1. The zero-order valence-electron chi connectivity index (χ0n) is 10.1. The van der Waals surface area contributed by atoms with Gasteiger partial charge in [-0.25, -0.2) is 0 Å². The van der Waals surface area contributed by atoms with Crippen LogP contribution in [0.1, 0.15) is 22.8 Å². The molecule has 0 saturated heterocycles. The molecule has 2 N–H and O–H groups in total. The highest BCUT2D eigenvalue weighted by molar-refractivity contribution is 5.95. The molecule has 17 heavy (non-hydrogen) atoms. The number of hydrogen-bond donors (Lipinski definition) is 2. The van der Waals surface area contributed by atoms with Gasteiger partial charge in [-0.15, -0.1) is 0 Å². The minimum atomic E-state index is -0.0283. The van der Waals surface area contributed by atoms with Crippen LogP contribution in [0.5, 0.6) is 0 Å². The van der Waals surface area contributed by atoms with Crippen molar-refractivity contribution in [2.45, 2.75) is 13.3 Å². The van der Waals surface area contributed by atoms with E-state index in [1.165, 1.54) is 5.56 Å². The molecule has 1 aliphatic heterocycles. The number of carbonyl (C=O) groups excluding carboxylic acids is 1. The standard InChI is InChI=1S/C13H18N2O2/c1-2-17-8-7-15-13(16)11-3-4-12-10(9-11)5-6-14-12/h3-4,9,14H,2,5-8H2,1H3,(H,15,16). The van der Waals surface area contributed by atoms with Gasteiger partial charge in [0.25, 0.3) is 5.91 Å². The molecule has 0 atom stereocenters. The van der Waals surface area contributed by atoms with Crippen LogP contribution < -0.4 is 10.6 Å². The fourth-order valence-electron chi connectivity index (χ4n) is 1.93. The first kappa shape index (κ1) is 11.9. The van der Waals surface area contributed by atoms with Crippen LogP contribution in [0.3, 0.4) is 0 Å². The number of rotatable bonds is 5. The molecule has 1 aliphatic rings. The maximum absolute atomic E-state index is 11.8. The molecule has 0 bridgehead atoms. The molecule has 0 radical (unpaired) electrons. The van der Waals surface area contributed by atoms with Crippen LogP contribution >= 0.6 is 0 Å². The Bertz CT molecular complexity index is 404. The Morgan fingerprint density at radius 2 is 2.41 bits per heavy atom. The molecule has 1 aromatic carbocycles. The summed E-state index contributed by atoms with van der Waals surface area (Å²) in [5.41, 5.74) is 3.10. The van der Waals surface area contributed by atoms with Gasteiger partial charge in [-0.1, -0.05) is 0 Å².